The predicted molar refractivity (Wildman–Crippen MR) is 87.1 cm³/mol. The van der Waals surface area contributed by atoms with Crippen molar-refractivity contribution >= 4 is 34.6 Å². The molecular formula is C14H18ClN5O3. The molecule has 0 N–H and O–H groups in total. The van der Waals surface area contributed by atoms with Crippen LogP contribution in [0.25, 0.3) is 11.2 Å². The van der Waals surface area contributed by atoms with Crippen molar-refractivity contribution < 1.29 is 4.79 Å². The number of alkyl halides is 1. The van der Waals surface area contributed by atoms with Gasteiger partial charge in [0.25, 0.3) is 5.56 Å². The summed E-state index contributed by atoms with van der Waals surface area (Å²) in [5, 5.41) is 0. The average molecular weight is 340 g/mol. The summed E-state index contributed by atoms with van der Waals surface area (Å²) in [6.07, 6.45) is 2.67. The first-order valence-electron chi connectivity index (χ1n) is 7.50. The van der Waals surface area contributed by atoms with Crippen LogP contribution in [0, 0.1) is 0 Å². The number of imidazole rings is 1. The number of aromatic nitrogens is 4. The van der Waals surface area contributed by atoms with Crippen LogP contribution in [-0.4, -0.2) is 37.0 Å². The van der Waals surface area contributed by atoms with E-state index in [4.69, 9.17) is 11.6 Å². The molecule has 9 heteroatoms. The molecule has 1 aliphatic heterocycles. The molecule has 1 aliphatic rings. The molecule has 0 fully saturated rings. The Balaban J connectivity index is 2.38. The molecule has 0 aromatic carbocycles. The molecular weight excluding hydrogens is 322 g/mol. The van der Waals surface area contributed by atoms with Crippen molar-refractivity contribution in [2.75, 3.05) is 17.3 Å². The highest BCUT2D eigenvalue weighted by atomic mass is 35.5. The molecule has 0 atom stereocenters. The third-order valence-electron chi connectivity index (χ3n) is 4.25. The highest BCUT2D eigenvalue weighted by Crippen LogP contribution is 2.23. The largest absolute Gasteiger partial charge is 0.332 e. The zero-order valence-corrected chi connectivity index (χ0v) is 13.8. The van der Waals surface area contributed by atoms with E-state index in [-0.39, 0.29) is 11.8 Å². The van der Waals surface area contributed by atoms with E-state index < -0.39 is 11.2 Å². The summed E-state index contributed by atoms with van der Waals surface area (Å²) >= 11 is 5.71. The van der Waals surface area contributed by atoms with Gasteiger partial charge in [-0.3, -0.25) is 23.6 Å². The number of halogens is 1. The first kappa shape index (κ1) is 15.8. The molecule has 2 aromatic rings. The fourth-order valence-electron chi connectivity index (χ4n) is 2.98. The predicted octanol–water partition coefficient (Wildman–Crippen LogP) is 0.189. The Labute approximate surface area is 136 Å². The second kappa shape index (κ2) is 5.84. The summed E-state index contributed by atoms with van der Waals surface area (Å²) in [5.74, 6) is -0.0178. The number of carbonyl (C=O) groups excluding carboxylic acids is 1. The zero-order valence-electron chi connectivity index (χ0n) is 13.1. The number of anilines is 1. The van der Waals surface area contributed by atoms with Crippen molar-refractivity contribution in [2.45, 2.75) is 25.8 Å². The van der Waals surface area contributed by atoms with Gasteiger partial charge in [0.15, 0.2) is 11.2 Å². The number of nitrogens with zero attached hydrogens (tertiary/aromatic N) is 5. The minimum Gasteiger partial charge on any atom is -0.304 e. The maximum atomic E-state index is 12.5. The highest BCUT2D eigenvalue weighted by molar-refractivity contribution is 6.29. The van der Waals surface area contributed by atoms with Crippen molar-refractivity contribution in [2.24, 2.45) is 14.1 Å². The van der Waals surface area contributed by atoms with E-state index >= 15 is 0 Å². The summed E-state index contributed by atoms with van der Waals surface area (Å²) in [6, 6.07) is 0. The molecule has 0 unspecified atom stereocenters. The Morgan fingerprint density at radius 1 is 1.13 bits per heavy atom. The number of amides is 1. The number of hydrogen-bond donors (Lipinski definition) is 0. The van der Waals surface area contributed by atoms with Crippen molar-refractivity contribution in [3.63, 3.8) is 0 Å². The molecule has 0 radical (unpaired) electrons. The third-order valence-corrected chi connectivity index (χ3v) is 4.48. The molecule has 0 aliphatic carbocycles. The zero-order chi connectivity index (χ0) is 16.7. The summed E-state index contributed by atoms with van der Waals surface area (Å²) < 4.78 is 4.13. The maximum absolute atomic E-state index is 12.5. The van der Waals surface area contributed by atoms with Crippen LogP contribution in [0.5, 0.6) is 0 Å². The normalized spacial score (nSPS) is 15.3. The molecule has 3 rings (SSSR count). The van der Waals surface area contributed by atoms with E-state index in [0.29, 0.717) is 30.2 Å². The molecule has 0 bridgehead atoms. The van der Waals surface area contributed by atoms with E-state index in [1.807, 2.05) is 0 Å². The number of rotatable bonds is 1. The van der Waals surface area contributed by atoms with Gasteiger partial charge in [0.2, 0.25) is 11.9 Å². The van der Waals surface area contributed by atoms with Crippen LogP contribution < -0.4 is 16.1 Å². The average Bonchev–Trinajstić information content (AvgIpc) is 2.89. The van der Waals surface area contributed by atoms with E-state index in [1.54, 1.807) is 11.6 Å². The van der Waals surface area contributed by atoms with Crippen LogP contribution in [0.4, 0.5) is 5.95 Å². The first-order valence-corrected chi connectivity index (χ1v) is 8.03. The standard InChI is InChI=1S/C14H18ClN5O3/c1-17-11-10(12(22)18(2)14(17)23)20-7-5-3-4-6-19(9(21)8-15)13(20)16-11/h3-8H2,1-2H3. The lowest BCUT2D eigenvalue weighted by Gasteiger charge is -2.24. The quantitative estimate of drug-likeness (QED) is 0.694. The van der Waals surface area contributed by atoms with Gasteiger partial charge < -0.3 is 4.57 Å². The number of hydrogen-bond acceptors (Lipinski definition) is 4. The second-order valence-corrected chi connectivity index (χ2v) is 5.95. The first-order chi connectivity index (χ1) is 11.0. The van der Waals surface area contributed by atoms with Gasteiger partial charge in [-0.2, -0.15) is 4.98 Å². The Morgan fingerprint density at radius 3 is 2.52 bits per heavy atom. The van der Waals surface area contributed by atoms with Crippen LogP contribution >= 0.6 is 11.6 Å². The molecule has 0 saturated carbocycles. The molecule has 0 spiro atoms. The van der Waals surface area contributed by atoms with Gasteiger partial charge in [-0.05, 0) is 19.3 Å². The molecule has 2 aromatic heterocycles. The summed E-state index contributed by atoms with van der Waals surface area (Å²) in [6.45, 7) is 1.08. The summed E-state index contributed by atoms with van der Waals surface area (Å²) in [7, 11) is 3.01. The van der Waals surface area contributed by atoms with Gasteiger partial charge in [-0.25, -0.2) is 4.79 Å². The maximum Gasteiger partial charge on any atom is 0.332 e. The van der Waals surface area contributed by atoms with Crippen molar-refractivity contribution in [1.82, 2.24) is 18.7 Å². The molecule has 23 heavy (non-hydrogen) atoms. The Morgan fingerprint density at radius 2 is 1.83 bits per heavy atom. The van der Waals surface area contributed by atoms with Crippen molar-refractivity contribution in [3.05, 3.63) is 20.8 Å². The van der Waals surface area contributed by atoms with Gasteiger partial charge in [-0.15, -0.1) is 11.6 Å². The monoisotopic (exact) mass is 339 g/mol. The Kier molecular flexibility index (Phi) is 4.01. The number of fused-ring (bicyclic) bond motifs is 3. The lowest BCUT2D eigenvalue weighted by molar-refractivity contribution is -0.116. The van der Waals surface area contributed by atoms with Crippen LogP contribution in [0.15, 0.2) is 9.59 Å². The van der Waals surface area contributed by atoms with Gasteiger partial charge in [0.1, 0.15) is 5.88 Å². The molecule has 8 nitrogen and oxygen atoms in total. The highest BCUT2D eigenvalue weighted by Gasteiger charge is 2.26. The molecule has 3 heterocycles. The SMILES string of the molecule is Cn1c(=O)c2c(nc3n2CCCCCN3C(=O)CCl)n(C)c1=O. The van der Waals surface area contributed by atoms with Crippen LogP contribution in [0.2, 0.25) is 0 Å². The lowest BCUT2D eigenvalue weighted by atomic mass is 10.2. The second-order valence-electron chi connectivity index (χ2n) is 5.68. The summed E-state index contributed by atoms with van der Waals surface area (Å²) in [5.41, 5.74) is -0.203. The summed E-state index contributed by atoms with van der Waals surface area (Å²) in [4.78, 5) is 42.7. The number of carbonyl (C=O) groups is 1. The fourth-order valence-corrected chi connectivity index (χ4v) is 3.12. The van der Waals surface area contributed by atoms with Crippen molar-refractivity contribution in [3.8, 4) is 0 Å². The number of aryl methyl sites for hydroxylation is 2. The van der Waals surface area contributed by atoms with Crippen molar-refractivity contribution in [1.29, 1.82) is 0 Å². The van der Waals surface area contributed by atoms with E-state index in [1.165, 1.54) is 16.5 Å². The van der Waals surface area contributed by atoms with E-state index in [2.05, 4.69) is 4.98 Å². The van der Waals surface area contributed by atoms with Crippen LogP contribution in [-0.2, 0) is 25.4 Å². The minimum absolute atomic E-state index is 0.153. The van der Waals surface area contributed by atoms with E-state index in [0.717, 1.165) is 23.8 Å². The molecule has 0 saturated heterocycles. The van der Waals surface area contributed by atoms with Crippen LogP contribution in [0.3, 0.4) is 0 Å². The fraction of sp³-hybridized carbons (Fsp3) is 0.571. The minimum atomic E-state index is -0.441. The Hall–Kier alpha value is -2.09. The topological polar surface area (TPSA) is 82.1 Å². The van der Waals surface area contributed by atoms with Gasteiger partial charge in [0.05, 0.1) is 0 Å². The third kappa shape index (κ3) is 2.37. The van der Waals surface area contributed by atoms with Gasteiger partial charge >= 0.3 is 5.69 Å². The molecule has 124 valence electrons. The van der Waals surface area contributed by atoms with Crippen LogP contribution in [0.1, 0.15) is 19.3 Å². The van der Waals surface area contributed by atoms with E-state index in [9.17, 15) is 14.4 Å². The van der Waals surface area contributed by atoms with Gasteiger partial charge in [0, 0.05) is 27.2 Å². The van der Waals surface area contributed by atoms with Gasteiger partial charge in [-0.1, -0.05) is 0 Å². The Bertz CT molecular complexity index is 894. The smallest absolute Gasteiger partial charge is 0.304 e. The lowest BCUT2D eigenvalue weighted by Crippen LogP contribution is -2.38. The molecule has 1 amide bonds.